The highest BCUT2D eigenvalue weighted by atomic mass is 16.3. The van der Waals surface area contributed by atoms with Gasteiger partial charge in [-0.2, -0.15) is 0 Å². The highest BCUT2D eigenvalue weighted by Gasteiger charge is 2.53. The van der Waals surface area contributed by atoms with Crippen LogP contribution in [0.15, 0.2) is 121 Å². The minimum atomic E-state index is -1.97. The maximum absolute atomic E-state index is 14.1. The lowest BCUT2D eigenvalue weighted by Gasteiger charge is -2.28. The molecule has 0 fully saturated rings. The predicted molar refractivity (Wildman–Crippen MR) is 170 cm³/mol. The van der Waals surface area contributed by atoms with E-state index in [1.807, 2.05) is 66.7 Å². The van der Waals surface area contributed by atoms with E-state index in [0.717, 1.165) is 5.56 Å². The summed E-state index contributed by atoms with van der Waals surface area (Å²) >= 11 is 0. The van der Waals surface area contributed by atoms with Gasteiger partial charge in [0.05, 0.1) is 12.3 Å². The summed E-state index contributed by atoms with van der Waals surface area (Å²) in [6.07, 6.45) is 4.06. The summed E-state index contributed by atoms with van der Waals surface area (Å²) in [5.74, 6) is -1.44. The van der Waals surface area contributed by atoms with Gasteiger partial charge in [-0.1, -0.05) is 85.8 Å². The Balaban J connectivity index is 1.45. The summed E-state index contributed by atoms with van der Waals surface area (Å²) < 4.78 is 0. The van der Waals surface area contributed by atoms with Gasteiger partial charge >= 0.3 is 0 Å². The van der Waals surface area contributed by atoms with Crippen molar-refractivity contribution < 1.29 is 24.6 Å². The van der Waals surface area contributed by atoms with Crippen LogP contribution in [0, 0.1) is 5.92 Å². The summed E-state index contributed by atoms with van der Waals surface area (Å²) in [5.41, 5.74) is 1.60. The van der Waals surface area contributed by atoms with E-state index in [4.69, 9.17) is 0 Å². The zero-order chi connectivity index (χ0) is 31.1. The zero-order valence-electron chi connectivity index (χ0n) is 24.5. The Morgan fingerprint density at radius 1 is 0.909 bits per heavy atom. The van der Waals surface area contributed by atoms with Gasteiger partial charge in [0.1, 0.15) is 0 Å². The van der Waals surface area contributed by atoms with Crippen molar-refractivity contribution in [2.75, 3.05) is 23.0 Å². The van der Waals surface area contributed by atoms with E-state index in [2.05, 4.69) is 0 Å². The second kappa shape index (κ2) is 13.5. The molecule has 8 nitrogen and oxygen atoms in total. The van der Waals surface area contributed by atoms with Crippen molar-refractivity contribution in [3.05, 3.63) is 132 Å². The Bertz CT molecular complexity index is 1630. The molecule has 0 saturated carbocycles. The summed E-state index contributed by atoms with van der Waals surface area (Å²) in [6.45, 7) is 2.12. The third kappa shape index (κ3) is 6.04. The Morgan fingerprint density at radius 3 is 2.18 bits per heavy atom. The quantitative estimate of drug-likeness (QED) is 0.169. The van der Waals surface area contributed by atoms with Crippen molar-refractivity contribution in [3.8, 4) is 0 Å². The Hall–Kier alpha value is -5.05. The van der Waals surface area contributed by atoms with E-state index in [1.54, 1.807) is 66.4 Å². The van der Waals surface area contributed by atoms with Crippen molar-refractivity contribution in [2.24, 2.45) is 5.92 Å². The zero-order valence-corrected chi connectivity index (χ0v) is 24.5. The average molecular weight is 590 g/mol. The van der Waals surface area contributed by atoms with Crippen LogP contribution < -0.4 is 9.80 Å². The first-order valence-electron chi connectivity index (χ1n) is 14.5. The Labute approximate surface area is 257 Å². The molecule has 1 aliphatic rings. The molecule has 0 aromatic heterocycles. The third-order valence-corrected chi connectivity index (χ3v) is 7.91. The number of aliphatic hydroxyl groups excluding tert-OH is 1. The number of rotatable bonds is 12. The number of aliphatic hydroxyl groups is 2. The number of hydrogen-bond donors (Lipinski definition) is 2. The molecule has 224 valence electrons. The Kier molecular flexibility index (Phi) is 9.33. The highest BCUT2D eigenvalue weighted by molar-refractivity contribution is 6.12. The van der Waals surface area contributed by atoms with Crippen LogP contribution >= 0.6 is 0 Å². The second-order valence-electron chi connectivity index (χ2n) is 10.7. The minimum Gasteiger partial charge on any atom is -0.395 e. The fraction of sp³-hybridized carbons (Fsp3) is 0.194. The summed E-state index contributed by atoms with van der Waals surface area (Å²) in [6, 6.07) is 32.9. The van der Waals surface area contributed by atoms with Gasteiger partial charge in [-0.25, -0.2) is 0 Å². The number of carbonyl (C=O) groups is 3. The van der Waals surface area contributed by atoms with Crippen LogP contribution in [0.5, 0.6) is 0 Å². The number of hydrogen-bond acceptors (Lipinski definition) is 5. The summed E-state index contributed by atoms with van der Waals surface area (Å²) in [7, 11) is 0. The molecule has 2 N–H and O–H groups in total. The lowest BCUT2D eigenvalue weighted by molar-refractivity contribution is -0.138. The van der Waals surface area contributed by atoms with Crippen LogP contribution in [0.4, 0.5) is 22.7 Å². The fourth-order valence-corrected chi connectivity index (χ4v) is 5.56. The number of anilines is 4. The van der Waals surface area contributed by atoms with Crippen molar-refractivity contribution in [1.82, 2.24) is 4.90 Å². The van der Waals surface area contributed by atoms with Crippen LogP contribution in [-0.2, 0) is 26.5 Å². The normalized spacial score (nSPS) is 16.5. The van der Waals surface area contributed by atoms with Crippen LogP contribution in [0.2, 0.25) is 0 Å². The van der Waals surface area contributed by atoms with Crippen molar-refractivity contribution in [3.63, 3.8) is 0 Å². The molecule has 1 heterocycles. The van der Waals surface area contributed by atoms with E-state index in [-0.39, 0.29) is 25.5 Å². The molecule has 1 aliphatic heterocycles. The van der Waals surface area contributed by atoms with Crippen LogP contribution in [0.3, 0.4) is 0 Å². The molecular weight excluding hydrogens is 554 g/mol. The number of amides is 3. The smallest absolute Gasteiger partial charge is 0.268 e. The first-order chi connectivity index (χ1) is 21.4. The van der Waals surface area contributed by atoms with Gasteiger partial charge in [-0.15, -0.1) is 0 Å². The number of carbonyl (C=O) groups excluding carboxylic acids is 3. The molecule has 8 heteroatoms. The average Bonchev–Trinajstić information content (AvgIpc) is 3.29. The molecule has 44 heavy (non-hydrogen) atoms. The molecular formula is C36H35N3O5. The van der Waals surface area contributed by atoms with Gasteiger partial charge in [0.2, 0.25) is 12.3 Å². The molecule has 0 radical (unpaired) electrons. The number of benzene rings is 4. The third-order valence-electron chi connectivity index (χ3n) is 7.91. The topological polar surface area (TPSA) is 101 Å². The van der Waals surface area contributed by atoms with Crippen molar-refractivity contribution >= 4 is 41.0 Å². The molecule has 0 bridgehead atoms. The highest BCUT2D eigenvalue weighted by Crippen LogP contribution is 2.49. The van der Waals surface area contributed by atoms with Crippen molar-refractivity contribution in [2.45, 2.75) is 25.5 Å². The van der Waals surface area contributed by atoms with Gasteiger partial charge in [0.25, 0.3) is 5.91 Å². The number of fused-ring (bicyclic) bond motifs is 1. The van der Waals surface area contributed by atoms with Crippen LogP contribution in [0.1, 0.15) is 24.5 Å². The monoisotopic (exact) mass is 589 g/mol. The molecule has 0 spiro atoms. The summed E-state index contributed by atoms with van der Waals surface area (Å²) in [4.78, 5) is 43.9. The van der Waals surface area contributed by atoms with E-state index in [0.29, 0.717) is 41.3 Å². The van der Waals surface area contributed by atoms with Gasteiger partial charge in [-0.05, 0) is 48.0 Å². The predicted octanol–water partition coefficient (Wildman–Crippen LogP) is 5.45. The van der Waals surface area contributed by atoms with E-state index < -0.39 is 17.4 Å². The number of nitrogens with zero attached hydrogens (tertiary/aromatic N) is 3. The molecule has 4 aromatic carbocycles. The van der Waals surface area contributed by atoms with Crippen molar-refractivity contribution in [1.29, 1.82) is 0 Å². The SMILES string of the molecule is C[C@H](/C=C/CC(=O)N(CCO)Cc1ccccc1)[C@@]1(O)C(=O)N(c2ccccc2)c2ccc(N(C=O)c3ccccc3)cc21. The van der Waals surface area contributed by atoms with Gasteiger partial charge in [0.15, 0.2) is 5.60 Å². The van der Waals surface area contributed by atoms with Gasteiger partial charge in [-0.3, -0.25) is 24.2 Å². The first kappa shape index (κ1) is 30.4. The van der Waals surface area contributed by atoms with E-state index in [1.165, 1.54) is 9.80 Å². The molecule has 0 saturated heterocycles. The Morgan fingerprint density at radius 2 is 1.55 bits per heavy atom. The van der Waals surface area contributed by atoms with Gasteiger partial charge in [0, 0.05) is 48.1 Å². The standard InChI is InChI=1S/C36H35N3O5/c1-27(12-11-19-34(42)37(22-23-40)25-28-13-5-2-6-14-28)36(44)32-24-31(38(26-41)29-15-7-3-8-16-29)20-21-33(32)39(35(36)43)30-17-9-4-10-18-30/h2-18,20-21,24,26-27,40,44H,19,22-23,25H2,1H3/b12-11+/t27-,36+/m1/s1. The molecule has 3 amide bonds. The molecule has 0 unspecified atom stereocenters. The maximum atomic E-state index is 14.1. The first-order valence-corrected chi connectivity index (χ1v) is 14.5. The van der Waals surface area contributed by atoms with Gasteiger partial charge < -0.3 is 15.1 Å². The second-order valence-corrected chi connectivity index (χ2v) is 10.7. The number of para-hydroxylation sites is 2. The van der Waals surface area contributed by atoms with E-state index in [9.17, 15) is 24.6 Å². The summed E-state index contributed by atoms with van der Waals surface area (Å²) in [5, 5.41) is 21.8. The van der Waals surface area contributed by atoms with Crippen LogP contribution in [0.25, 0.3) is 0 Å². The maximum Gasteiger partial charge on any atom is 0.268 e. The molecule has 4 aromatic rings. The van der Waals surface area contributed by atoms with Crippen LogP contribution in [-0.4, -0.2) is 46.5 Å². The molecule has 2 atom stereocenters. The lowest BCUT2D eigenvalue weighted by atomic mass is 9.82. The molecule has 5 rings (SSSR count). The largest absolute Gasteiger partial charge is 0.395 e. The van der Waals surface area contributed by atoms with E-state index >= 15 is 0 Å². The minimum absolute atomic E-state index is 0.0314. The fourth-order valence-electron chi connectivity index (χ4n) is 5.56. The molecule has 0 aliphatic carbocycles. The lowest BCUT2D eigenvalue weighted by Crippen LogP contribution is -2.42.